The highest BCUT2D eigenvalue weighted by Gasteiger charge is 2.11. The van der Waals surface area contributed by atoms with Crippen LogP contribution in [0.4, 0.5) is 16.0 Å². The SMILES string of the molecule is CCC(C)NC(=O)c1ccnc(Nc2ccccc2F)n1. The summed E-state index contributed by atoms with van der Waals surface area (Å²) in [5, 5.41) is 5.57. The summed E-state index contributed by atoms with van der Waals surface area (Å²) in [5.41, 5.74) is 0.501. The van der Waals surface area contributed by atoms with Crippen LogP contribution in [0.15, 0.2) is 36.5 Å². The van der Waals surface area contributed by atoms with E-state index in [1.807, 2.05) is 13.8 Å². The lowest BCUT2D eigenvalue weighted by Crippen LogP contribution is -2.32. The number of nitrogens with one attached hydrogen (secondary N) is 2. The predicted molar refractivity (Wildman–Crippen MR) is 78.9 cm³/mol. The number of para-hydroxylation sites is 1. The second kappa shape index (κ2) is 6.78. The van der Waals surface area contributed by atoms with Crippen molar-refractivity contribution in [2.75, 3.05) is 5.32 Å². The van der Waals surface area contributed by atoms with E-state index < -0.39 is 5.82 Å². The maximum atomic E-state index is 13.6. The summed E-state index contributed by atoms with van der Waals surface area (Å²) in [6.45, 7) is 3.90. The molecular formula is C15H17FN4O. The third kappa shape index (κ3) is 3.98. The van der Waals surface area contributed by atoms with Crippen molar-refractivity contribution in [3.63, 3.8) is 0 Å². The van der Waals surface area contributed by atoms with Crippen LogP contribution in [0.2, 0.25) is 0 Å². The number of nitrogens with zero attached hydrogens (tertiary/aromatic N) is 2. The number of benzene rings is 1. The van der Waals surface area contributed by atoms with Gasteiger partial charge in [0, 0.05) is 12.2 Å². The van der Waals surface area contributed by atoms with E-state index >= 15 is 0 Å². The van der Waals surface area contributed by atoms with Gasteiger partial charge in [0.15, 0.2) is 0 Å². The van der Waals surface area contributed by atoms with Crippen molar-refractivity contribution >= 4 is 17.5 Å². The number of aromatic nitrogens is 2. The van der Waals surface area contributed by atoms with Crippen LogP contribution in [0.5, 0.6) is 0 Å². The minimum absolute atomic E-state index is 0.0652. The smallest absolute Gasteiger partial charge is 0.270 e. The standard InChI is InChI=1S/C15H17FN4O/c1-3-10(2)18-14(21)13-8-9-17-15(20-13)19-12-7-5-4-6-11(12)16/h4-10H,3H2,1-2H3,(H,18,21)(H,17,19,20). The second-order valence-corrected chi connectivity index (χ2v) is 4.65. The van der Waals surface area contributed by atoms with Crippen LogP contribution in [0, 0.1) is 5.82 Å². The van der Waals surface area contributed by atoms with Crippen LogP contribution >= 0.6 is 0 Å². The first-order chi connectivity index (χ1) is 10.1. The van der Waals surface area contributed by atoms with Crippen LogP contribution < -0.4 is 10.6 Å². The molecule has 1 amide bonds. The normalized spacial score (nSPS) is 11.8. The Bertz CT molecular complexity index is 633. The van der Waals surface area contributed by atoms with Crippen molar-refractivity contribution < 1.29 is 9.18 Å². The van der Waals surface area contributed by atoms with E-state index in [4.69, 9.17) is 0 Å². The van der Waals surface area contributed by atoms with Crippen molar-refractivity contribution in [1.29, 1.82) is 0 Å². The summed E-state index contributed by atoms with van der Waals surface area (Å²) < 4.78 is 13.6. The van der Waals surface area contributed by atoms with E-state index in [9.17, 15) is 9.18 Å². The van der Waals surface area contributed by atoms with Gasteiger partial charge in [-0.3, -0.25) is 4.79 Å². The van der Waals surface area contributed by atoms with Gasteiger partial charge in [-0.15, -0.1) is 0 Å². The van der Waals surface area contributed by atoms with Gasteiger partial charge in [0.25, 0.3) is 5.91 Å². The molecular weight excluding hydrogens is 271 g/mol. The van der Waals surface area contributed by atoms with Crippen LogP contribution in [-0.4, -0.2) is 21.9 Å². The van der Waals surface area contributed by atoms with E-state index in [1.54, 1.807) is 18.2 Å². The van der Waals surface area contributed by atoms with E-state index in [2.05, 4.69) is 20.6 Å². The molecule has 0 aliphatic carbocycles. The largest absolute Gasteiger partial charge is 0.348 e. The number of hydrogen-bond acceptors (Lipinski definition) is 4. The molecule has 6 heteroatoms. The van der Waals surface area contributed by atoms with Gasteiger partial charge in [0.1, 0.15) is 11.5 Å². The maximum Gasteiger partial charge on any atom is 0.270 e. The molecule has 1 aromatic carbocycles. The van der Waals surface area contributed by atoms with Crippen molar-refractivity contribution in [3.8, 4) is 0 Å². The van der Waals surface area contributed by atoms with Crippen LogP contribution in [0.1, 0.15) is 30.8 Å². The van der Waals surface area contributed by atoms with Crippen LogP contribution in [0.25, 0.3) is 0 Å². The molecule has 2 rings (SSSR count). The Morgan fingerprint density at radius 3 is 2.81 bits per heavy atom. The Labute approximate surface area is 122 Å². The molecule has 1 heterocycles. The molecule has 1 aromatic heterocycles. The third-order valence-corrected chi connectivity index (χ3v) is 3.00. The zero-order valence-electron chi connectivity index (χ0n) is 11.9. The summed E-state index contributed by atoms with van der Waals surface area (Å²) >= 11 is 0. The summed E-state index contributed by atoms with van der Waals surface area (Å²) in [7, 11) is 0. The Morgan fingerprint density at radius 1 is 1.33 bits per heavy atom. The Kier molecular flexibility index (Phi) is 4.81. The first kappa shape index (κ1) is 14.9. The molecule has 5 nitrogen and oxygen atoms in total. The highest BCUT2D eigenvalue weighted by atomic mass is 19.1. The number of anilines is 2. The predicted octanol–water partition coefficient (Wildman–Crippen LogP) is 2.89. The average Bonchev–Trinajstić information content (AvgIpc) is 2.49. The molecule has 1 unspecified atom stereocenters. The lowest BCUT2D eigenvalue weighted by molar-refractivity contribution is 0.0934. The molecule has 2 aromatic rings. The molecule has 0 bridgehead atoms. The van der Waals surface area contributed by atoms with Crippen LogP contribution in [-0.2, 0) is 0 Å². The van der Waals surface area contributed by atoms with E-state index in [1.165, 1.54) is 18.3 Å². The molecule has 0 radical (unpaired) electrons. The second-order valence-electron chi connectivity index (χ2n) is 4.65. The molecule has 2 N–H and O–H groups in total. The van der Waals surface area contributed by atoms with Crippen molar-refractivity contribution in [1.82, 2.24) is 15.3 Å². The molecule has 0 fully saturated rings. The zero-order chi connectivity index (χ0) is 15.2. The summed E-state index contributed by atoms with van der Waals surface area (Å²) in [5.74, 6) is -0.504. The fourth-order valence-electron chi connectivity index (χ4n) is 1.63. The molecule has 1 atom stereocenters. The third-order valence-electron chi connectivity index (χ3n) is 3.00. The monoisotopic (exact) mass is 288 g/mol. The van der Waals surface area contributed by atoms with Gasteiger partial charge in [-0.2, -0.15) is 0 Å². The first-order valence-corrected chi connectivity index (χ1v) is 6.75. The van der Waals surface area contributed by atoms with Crippen molar-refractivity contribution in [2.45, 2.75) is 26.3 Å². The van der Waals surface area contributed by atoms with E-state index in [0.29, 0.717) is 0 Å². The molecule has 0 spiro atoms. The Balaban J connectivity index is 2.14. The number of hydrogen-bond donors (Lipinski definition) is 2. The van der Waals surface area contributed by atoms with E-state index in [0.717, 1.165) is 6.42 Å². The molecule has 0 aliphatic rings. The van der Waals surface area contributed by atoms with Gasteiger partial charge in [-0.25, -0.2) is 14.4 Å². The average molecular weight is 288 g/mol. The number of halogens is 1. The maximum absolute atomic E-state index is 13.6. The van der Waals surface area contributed by atoms with Gasteiger partial charge in [-0.1, -0.05) is 19.1 Å². The highest BCUT2D eigenvalue weighted by Crippen LogP contribution is 2.16. The van der Waals surface area contributed by atoms with Crippen molar-refractivity contribution in [3.05, 3.63) is 48.0 Å². The molecule has 110 valence electrons. The molecule has 0 aliphatic heterocycles. The van der Waals surface area contributed by atoms with Gasteiger partial charge in [0.2, 0.25) is 5.95 Å². The van der Waals surface area contributed by atoms with Gasteiger partial charge >= 0.3 is 0 Å². The number of amides is 1. The number of carbonyl (C=O) groups is 1. The number of rotatable bonds is 5. The molecule has 0 saturated heterocycles. The van der Waals surface area contributed by atoms with Crippen molar-refractivity contribution in [2.24, 2.45) is 0 Å². The summed E-state index contributed by atoms with van der Waals surface area (Å²) in [6.07, 6.45) is 2.29. The van der Waals surface area contributed by atoms with Gasteiger partial charge in [-0.05, 0) is 31.5 Å². The van der Waals surface area contributed by atoms with Gasteiger partial charge < -0.3 is 10.6 Å². The summed E-state index contributed by atoms with van der Waals surface area (Å²) in [6, 6.07) is 7.79. The first-order valence-electron chi connectivity index (χ1n) is 6.75. The quantitative estimate of drug-likeness (QED) is 0.887. The lowest BCUT2D eigenvalue weighted by Gasteiger charge is -2.11. The minimum atomic E-state index is -0.407. The summed E-state index contributed by atoms with van der Waals surface area (Å²) in [4.78, 5) is 20.1. The minimum Gasteiger partial charge on any atom is -0.348 e. The fraction of sp³-hybridized carbons (Fsp3) is 0.267. The Morgan fingerprint density at radius 2 is 2.10 bits per heavy atom. The van der Waals surface area contributed by atoms with Crippen LogP contribution in [0.3, 0.4) is 0 Å². The van der Waals surface area contributed by atoms with E-state index in [-0.39, 0.29) is 29.3 Å². The topological polar surface area (TPSA) is 66.9 Å². The highest BCUT2D eigenvalue weighted by molar-refractivity contribution is 5.92. The molecule has 0 saturated carbocycles. The fourth-order valence-corrected chi connectivity index (χ4v) is 1.63. The number of carbonyl (C=O) groups excluding carboxylic acids is 1. The lowest BCUT2D eigenvalue weighted by atomic mass is 10.2. The molecule has 21 heavy (non-hydrogen) atoms. The zero-order valence-corrected chi connectivity index (χ0v) is 11.9. The van der Waals surface area contributed by atoms with Gasteiger partial charge in [0.05, 0.1) is 5.69 Å². The Hall–Kier alpha value is -2.50.